The molecule has 1 saturated heterocycles. The predicted octanol–water partition coefficient (Wildman–Crippen LogP) is 2.58. The Hall–Kier alpha value is 0.0600. The van der Waals surface area contributed by atoms with Crippen LogP contribution in [-0.2, 0) is 4.74 Å². The third kappa shape index (κ3) is 2.60. The van der Waals surface area contributed by atoms with Crippen molar-refractivity contribution in [1.29, 1.82) is 0 Å². The number of thiophene rings is 1. The Kier molecular flexibility index (Phi) is 4.16. The van der Waals surface area contributed by atoms with Gasteiger partial charge in [-0.3, -0.25) is 11.3 Å². The zero-order valence-electron chi connectivity index (χ0n) is 8.41. The second-order valence-corrected chi connectivity index (χ2v) is 5.32. The van der Waals surface area contributed by atoms with Gasteiger partial charge in [-0.2, -0.15) is 11.3 Å². The highest BCUT2D eigenvalue weighted by molar-refractivity contribution is 9.10. The van der Waals surface area contributed by atoms with Crippen molar-refractivity contribution in [2.45, 2.75) is 31.4 Å². The van der Waals surface area contributed by atoms with Crippen molar-refractivity contribution in [3.05, 3.63) is 20.8 Å². The Morgan fingerprint density at radius 2 is 2.40 bits per heavy atom. The molecule has 1 aliphatic rings. The molecule has 0 bridgehead atoms. The number of nitrogens with one attached hydrogen (secondary N) is 1. The number of hydrogen-bond donors (Lipinski definition) is 2. The lowest BCUT2D eigenvalue weighted by Gasteiger charge is -2.30. The van der Waals surface area contributed by atoms with Gasteiger partial charge in [-0.1, -0.05) is 0 Å². The number of rotatable bonds is 3. The SMILES string of the molecule is NNC(c1cscc1Br)C1CCCCO1. The van der Waals surface area contributed by atoms with E-state index in [0.717, 1.165) is 17.5 Å². The number of hydrogen-bond acceptors (Lipinski definition) is 4. The van der Waals surface area contributed by atoms with Crippen LogP contribution in [0.5, 0.6) is 0 Å². The third-order valence-electron chi connectivity index (χ3n) is 2.74. The van der Waals surface area contributed by atoms with Gasteiger partial charge in [-0.05, 0) is 46.1 Å². The van der Waals surface area contributed by atoms with Crippen molar-refractivity contribution in [2.24, 2.45) is 5.84 Å². The number of halogens is 1. The van der Waals surface area contributed by atoms with Gasteiger partial charge in [0, 0.05) is 16.5 Å². The second kappa shape index (κ2) is 5.41. The fourth-order valence-corrected chi connectivity index (χ4v) is 3.52. The Balaban J connectivity index is 2.12. The summed E-state index contributed by atoms with van der Waals surface area (Å²) in [6, 6.07) is 0.103. The average Bonchev–Trinajstić information content (AvgIpc) is 2.68. The largest absolute Gasteiger partial charge is 0.376 e. The van der Waals surface area contributed by atoms with Crippen molar-refractivity contribution in [1.82, 2.24) is 5.43 Å². The summed E-state index contributed by atoms with van der Waals surface area (Å²) >= 11 is 5.21. The van der Waals surface area contributed by atoms with Crippen LogP contribution in [0.3, 0.4) is 0 Å². The highest BCUT2D eigenvalue weighted by Crippen LogP contribution is 2.32. The van der Waals surface area contributed by atoms with E-state index in [1.165, 1.54) is 18.4 Å². The molecule has 1 aromatic rings. The molecule has 0 amide bonds. The summed E-state index contributed by atoms with van der Waals surface area (Å²) in [5.74, 6) is 5.62. The molecule has 0 aliphatic carbocycles. The van der Waals surface area contributed by atoms with Gasteiger partial charge in [0.15, 0.2) is 0 Å². The Morgan fingerprint density at radius 1 is 1.53 bits per heavy atom. The van der Waals surface area contributed by atoms with Crippen molar-refractivity contribution >= 4 is 27.3 Å². The molecule has 0 aromatic carbocycles. The van der Waals surface area contributed by atoms with Crippen LogP contribution in [0.1, 0.15) is 30.9 Å². The van der Waals surface area contributed by atoms with E-state index in [1.54, 1.807) is 11.3 Å². The zero-order chi connectivity index (χ0) is 10.7. The van der Waals surface area contributed by atoms with Crippen molar-refractivity contribution < 1.29 is 4.74 Å². The lowest BCUT2D eigenvalue weighted by Crippen LogP contribution is -2.39. The maximum atomic E-state index is 5.75. The van der Waals surface area contributed by atoms with Crippen molar-refractivity contribution in [3.8, 4) is 0 Å². The highest BCUT2D eigenvalue weighted by atomic mass is 79.9. The van der Waals surface area contributed by atoms with Crippen LogP contribution in [0.2, 0.25) is 0 Å². The predicted molar refractivity (Wildman–Crippen MR) is 65.7 cm³/mol. The van der Waals surface area contributed by atoms with E-state index >= 15 is 0 Å². The summed E-state index contributed by atoms with van der Waals surface area (Å²) in [6.07, 6.45) is 3.68. The first kappa shape index (κ1) is 11.5. The van der Waals surface area contributed by atoms with Crippen LogP contribution in [0.25, 0.3) is 0 Å². The fourth-order valence-electron chi connectivity index (χ4n) is 1.94. The molecule has 15 heavy (non-hydrogen) atoms. The minimum absolute atomic E-state index is 0.103. The number of ether oxygens (including phenoxy) is 1. The first-order chi connectivity index (χ1) is 7.33. The lowest BCUT2D eigenvalue weighted by atomic mass is 9.98. The summed E-state index contributed by atoms with van der Waals surface area (Å²) in [5.41, 5.74) is 4.07. The van der Waals surface area contributed by atoms with Crippen LogP contribution in [0, 0.1) is 0 Å². The van der Waals surface area contributed by atoms with Gasteiger partial charge in [0.05, 0.1) is 12.1 Å². The minimum atomic E-state index is 0.103. The maximum absolute atomic E-state index is 5.75. The standard InChI is InChI=1S/C10H15BrN2OS/c11-8-6-15-5-7(8)10(13-12)9-3-1-2-4-14-9/h5-6,9-10,13H,1-4,12H2. The van der Waals surface area contributed by atoms with Gasteiger partial charge in [-0.25, -0.2) is 0 Å². The van der Waals surface area contributed by atoms with E-state index in [1.807, 2.05) is 0 Å². The van der Waals surface area contributed by atoms with E-state index in [0.29, 0.717) is 0 Å². The van der Waals surface area contributed by atoms with Crippen molar-refractivity contribution in [2.75, 3.05) is 6.61 Å². The molecule has 1 fully saturated rings. The summed E-state index contributed by atoms with van der Waals surface area (Å²) in [7, 11) is 0. The zero-order valence-corrected chi connectivity index (χ0v) is 10.8. The molecule has 3 N–H and O–H groups in total. The molecule has 1 aliphatic heterocycles. The fraction of sp³-hybridized carbons (Fsp3) is 0.600. The molecule has 0 radical (unpaired) electrons. The average molecular weight is 291 g/mol. The number of nitrogens with two attached hydrogens (primary N) is 1. The minimum Gasteiger partial charge on any atom is -0.376 e. The van der Waals surface area contributed by atoms with Crippen LogP contribution < -0.4 is 11.3 Å². The highest BCUT2D eigenvalue weighted by Gasteiger charge is 2.26. The maximum Gasteiger partial charge on any atom is 0.0783 e. The Labute approximate surface area is 102 Å². The molecule has 2 unspecified atom stereocenters. The Morgan fingerprint density at radius 3 is 2.93 bits per heavy atom. The number of hydrazine groups is 1. The molecule has 1 aromatic heterocycles. The van der Waals surface area contributed by atoms with Gasteiger partial charge in [0.25, 0.3) is 0 Å². The van der Waals surface area contributed by atoms with E-state index < -0.39 is 0 Å². The van der Waals surface area contributed by atoms with Crippen molar-refractivity contribution in [3.63, 3.8) is 0 Å². The third-order valence-corrected chi connectivity index (χ3v) is 4.50. The molecule has 2 atom stereocenters. The van der Waals surface area contributed by atoms with Gasteiger partial charge >= 0.3 is 0 Å². The molecule has 0 saturated carbocycles. The first-order valence-electron chi connectivity index (χ1n) is 5.12. The van der Waals surface area contributed by atoms with Crippen LogP contribution in [-0.4, -0.2) is 12.7 Å². The van der Waals surface area contributed by atoms with E-state index in [-0.39, 0.29) is 12.1 Å². The van der Waals surface area contributed by atoms with Crippen LogP contribution in [0.15, 0.2) is 15.2 Å². The van der Waals surface area contributed by atoms with Crippen LogP contribution in [0.4, 0.5) is 0 Å². The monoisotopic (exact) mass is 290 g/mol. The topological polar surface area (TPSA) is 47.3 Å². The quantitative estimate of drug-likeness (QED) is 0.664. The van der Waals surface area contributed by atoms with Gasteiger partial charge in [0.1, 0.15) is 0 Å². The van der Waals surface area contributed by atoms with E-state index in [2.05, 4.69) is 32.1 Å². The molecule has 2 heterocycles. The molecule has 84 valence electrons. The summed E-state index contributed by atoms with van der Waals surface area (Å²) in [5, 5.41) is 4.19. The normalized spacial score (nSPS) is 24.0. The first-order valence-corrected chi connectivity index (χ1v) is 6.86. The van der Waals surface area contributed by atoms with Gasteiger partial charge < -0.3 is 4.74 Å². The molecular weight excluding hydrogens is 276 g/mol. The van der Waals surface area contributed by atoms with Gasteiger partial charge in [-0.15, -0.1) is 0 Å². The smallest absolute Gasteiger partial charge is 0.0783 e. The molecule has 2 rings (SSSR count). The molecule has 0 spiro atoms. The van der Waals surface area contributed by atoms with E-state index in [4.69, 9.17) is 10.6 Å². The molecule has 5 heteroatoms. The Bertz CT molecular complexity index is 312. The summed E-state index contributed by atoms with van der Waals surface area (Å²) in [6.45, 7) is 0.852. The molecular formula is C10H15BrN2OS. The molecule has 3 nitrogen and oxygen atoms in total. The summed E-state index contributed by atoms with van der Waals surface area (Å²) < 4.78 is 6.87. The summed E-state index contributed by atoms with van der Waals surface area (Å²) in [4.78, 5) is 0. The van der Waals surface area contributed by atoms with Crippen LogP contribution >= 0.6 is 27.3 Å². The van der Waals surface area contributed by atoms with E-state index in [9.17, 15) is 0 Å². The second-order valence-electron chi connectivity index (χ2n) is 3.72. The van der Waals surface area contributed by atoms with Gasteiger partial charge in [0.2, 0.25) is 0 Å². The lowest BCUT2D eigenvalue weighted by molar-refractivity contribution is -0.00827.